The highest BCUT2D eigenvalue weighted by Crippen LogP contribution is 2.26. The van der Waals surface area contributed by atoms with Crippen LogP contribution in [0.15, 0.2) is 24.3 Å². The van der Waals surface area contributed by atoms with Gasteiger partial charge in [0.15, 0.2) is 0 Å². The minimum absolute atomic E-state index is 0.284. The molecule has 0 aromatic heterocycles. The van der Waals surface area contributed by atoms with Crippen molar-refractivity contribution in [2.24, 2.45) is 0 Å². The topological polar surface area (TPSA) is 26.7 Å². The number of hydrogen-bond acceptors (Lipinski definition) is 3. The van der Waals surface area contributed by atoms with Gasteiger partial charge in [-0.2, -0.15) is 0 Å². The van der Waals surface area contributed by atoms with Crippen molar-refractivity contribution < 1.29 is 5.11 Å². The summed E-state index contributed by atoms with van der Waals surface area (Å²) in [5.74, 6) is 0. The molecule has 0 bridgehead atoms. The van der Waals surface area contributed by atoms with E-state index in [1.165, 1.54) is 44.9 Å². The van der Waals surface area contributed by atoms with E-state index in [1.807, 2.05) is 18.2 Å². The normalized spacial score (nSPS) is 17.0. The zero-order valence-corrected chi connectivity index (χ0v) is 16.6. The molecule has 1 unspecified atom stereocenters. The Balaban J connectivity index is 1.58. The second kappa shape index (κ2) is 11.8. The van der Waals surface area contributed by atoms with Crippen LogP contribution in [-0.4, -0.2) is 42.4 Å². The molecule has 1 aliphatic heterocycles. The average molecular weight is 367 g/mol. The second-order valence-corrected chi connectivity index (χ2v) is 7.63. The quantitative estimate of drug-likeness (QED) is 0.537. The van der Waals surface area contributed by atoms with Crippen LogP contribution in [-0.2, 0) is 0 Å². The maximum absolute atomic E-state index is 10.4. The number of unbranched alkanes of at least 4 members (excludes halogenated alkanes) is 7. The van der Waals surface area contributed by atoms with Crippen molar-refractivity contribution in [1.29, 1.82) is 0 Å². The lowest BCUT2D eigenvalue weighted by Crippen LogP contribution is -2.50. The summed E-state index contributed by atoms with van der Waals surface area (Å²) in [4.78, 5) is 4.54. The van der Waals surface area contributed by atoms with Crippen LogP contribution in [0.2, 0.25) is 5.02 Å². The summed E-state index contributed by atoms with van der Waals surface area (Å²) in [6.07, 6.45) is 11.1. The van der Waals surface area contributed by atoms with Gasteiger partial charge in [-0.1, -0.05) is 75.6 Å². The first-order chi connectivity index (χ1) is 12.2. The minimum Gasteiger partial charge on any atom is -0.378 e. The predicted molar refractivity (Wildman–Crippen MR) is 108 cm³/mol. The third kappa shape index (κ3) is 7.16. The lowest BCUT2D eigenvalue weighted by Gasteiger charge is -2.38. The Morgan fingerprint density at radius 1 is 0.920 bits per heavy atom. The molecule has 0 amide bonds. The molecule has 1 saturated heterocycles. The summed E-state index contributed by atoms with van der Waals surface area (Å²) in [5, 5.41) is 11.3. The van der Waals surface area contributed by atoms with Crippen molar-refractivity contribution in [3.8, 4) is 0 Å². The molecule has 25 heavy (non-hydrogen) atoms. The Hall–Kier alpha value is -0.770. The van der Waals surface area contributed by atoms with Crippen LogP contribution in [0, 0.1) is 0 Å². The Morgan fingerprint density at radius 2 is 1.52 bits per heavy atom. The number of benzene rings is 1. The first kappa shape index (κ1) is 20.5. The Kier molecular flexibility index (Phi) is 9.67. The van der Waals surface area contributed by atoms with E-state index in [0.29, 0.717) is 0 Å². The van der Waals surface area contributed by atoms with Gasteiger partial charge in [0.2, 0.25) is 0 Å². The summed E-state index contributed by atoms with van der Waals surface area (Å²) < 4.78 is 0. The molecule has 1 aliphatic rings. The molecule has 3 nitrogen and oxygen atoms in total. The molecule has 1 aromatic rings. The van der Waals surface area contributed by atoms with Crippen LogP contribution >= 0.6 is 11.6 Å². The highest BCUT2D eigenvalue weighted by Gasteiger charge is 2.22. The Labute approximate surface area is 159 Å². The second-order valence-electron chi connectivity index (χ2n) is 7.22. The lowest BCUT2D eigenvalue weighted by atomic mass is 10.1. The van der Waals surface area contributed by atoms with Crippen LogP contribution in [0.3, 0.4) is 0 Å². The van der Waals surface area contributed by atoms with Gasteiger partial charge in [0.05, 0.1) is 10.7 Å². The van der Waals surface area contributed by atoms with Crippen molar-refractivity contribution in [3.63, 3.8) is 0 Å². The molecule has 1 fully saturated rings. The van der Waals surface area contributed by atoms with E-state index in [0.717, 1.165) is 49.7 Å². The van der Waals surface area contributed by atoms with Crippen molar-refractivity contribution in [3.05, 3.63) is 29.3 Å². The van der Waals surface area contributed by atoms with Gasteiger partial charge in [-0.05, 0) is 25.0 Å². The molecule has 0 aliphatic carbocycles. The average Bonchev–Trinajstić information content (AvgIpc) is 2.64. The monoisotopic (exact) mass is 366 g/mol. The molecule has 1 heterocycles. The maximum Gasteiger partial charge on any atom is 0.107 e. The SMILES string of the molecule is CCCCCCCCCCC(O)N1CCN(c2ccccc2Cl)CC1. The number of aliphatic hydroxyl groups excluding tert-OH is 1. The van der Waals surface area contributed by atoms with Gasteiger partial charge >= 0.3 is 0 Å². The third-order valence-corrected chi connectivity index (χ3v) is 5.56. The molecule has 0 spiro atoms. The van der Waals surface area contributed by atoms with E-state index in [2.05, 4.69) is 22.8 Å². The molecule has 142 valence electrons. The standard InChI is InChI=1S/C21H35ClN2O/c1-2-3-4-5-6-7-8-9-14-21(25)24-17-15-23(16-18-24)20-13-11-10-12-19(20)22/h10-13,21,25H,2-9,14-18H2,1H3. The van der Waals surface area contributed by atoms with Crippen LogP contribution in [0.4, 0.5) is 5.69 Å². The van der Waals surface area contributed by atoms with Crippen molar-refractivity contribution in [2.45, 2.75) is 70.9 Å². The number of halogens is 1. The van der Waals surface area contributed by atoms with Gasteiger partial charge in [-0.25, -0.2) is 0 Å². The van der Waals surface area contributed by atoms with Gasteiger partial charge < -0.3 is 10.0 Å². The van der Waals surface area contributed by atoms with Gasteiger partial charge in [-0.3, -0.25) is 4.90 Å². The largest absolute Gasteiger partial charge is 0.378 e. The van der Waals surface area contributed by atoms with E-state index in [-0.39, 0.29) is 6.23 Å². The van der Waals surface area contributed by atoms with E-state index in [1.54, 1.807) is 0 Å². The fraction of sp³-hybridized carbons (Fsp3) is 0.714. The van der Waals surface area contributed by atoms with E-state index < -0.39 is 0 Å². The molecule has 1 atom stereocenters. The number of piperazine rings is 1. The molecule has 0 radical (unpaired) electrons. The summed E-state index contributed by atoms with van der Waals surface area (Å²) in [5.41, 5.74) is 1.11. The molecule has 1 N–H and O–H groups in total. The van der Waals surface area contributed by atoms with Gasteiger partial charge in [0.1, 0.15) is 6.23 Å². The highest BCUT2D eigenvalue weighted by molar-refractivity contribution is 6.33. The van der Waals surface area contributed by atoms with Crippen molar-refractivity contribution >= 4 is 17.3 Å². The van der Waals surface area contributed by atoms with Crippen LogP contribution in [0.1, 0.15) is 64.7 Å². The smallest absolute Gasteiger partial charge is 0.107 e. The lowest BCUT2D eigenvalue weighted by molar-refractivity contribution is -0.00713. The molecular weight excluding hydrogens is 332 g/mol. The summed E-state index contributed by atoms with van der Waals surface area (Å²) in [7, 11) is 0. The highest BCUT2D eigenvalue weighted by atomic mass is 35.5. The molecule has 1 aromatic carbocycles. The van der Waals surface area contributed by atoms with E-state index in [4.69, 9.17) is 11.6 Å². The van der Waals surface area contributed by atoms with Crippen LogP contribution < -0.4 is 4.90 Å². The fourth-order valence-electron chi connectivity index (χ4n) is 3.61. The summed E-state index contributed by atoms with van der Waals surface area (Å²) >= 11 is 6.29. The number of rotatable bonds is 11. The Bertz CT molecular complexity index is 475. The molecule has 2 rings (SSSR count). The molecule has 4 heteroatoms. The zero-order chi connectivity index (χ0) is 17.9. The first-order valence-corrected chi connectivity index (χ1v) is 10.5. The third-order valence-electron chi connectivity index (χ3n) is 5.24. The van der Waals surface area contributed by atoms with Crippen molar-refractivity contribution in [1.82, 2.24) is 4.90 Å². The summed E-state index contributed by atoms with van der Waals surface area (Å²) in [6, 6.07) is 8.02. The number of anilines is 1. The number of aliphatic hydroxyl groups is 1. The fourth-order valence-corrected chi connectivity index (χ4v) is 3.87. The molecular formula is C21H35ClN2O. The predicted octanol–water partition coefficient (Wildman–Crippen LogP) is 5.31. The molecule has 0 saturated carbocycles. The van der Waals surface area contributed by atoms with Crippen LogP contribution in [0.5, 0.6) is 0 Å². The van der Waals surface area contributed by atoms with Crippen LogP contribution in [0.25, 0.3) is 0 Å². The number of para-hydroxylation sites is 1. The maximum atomic E-state index is 10.4. The number of nitrogens with zero attached hydrogens (tertiary/aromatic N) is 2. The minimum atomic E-state index is -0.284. The van der Waals surface area contributed by atoms with E-state index in [9.17, 15) is 5.11 Å². The van der Waals surface area contributed by atoms with Gasteiger partial charge in [-0.15, -0.1) is 0 Å². The van der Waals surface area contributed by atoms with Gasteiger partial charge in [0.25, 0.3) is 0 Å². The van der Waals surface area contributed by atoms with Gasteiger partial charge in [0, 0.05) is 26.2 Å². The first-order valence-electron chi connectivity index (χ1n) is 10.1. The van der Waals surface area contributed by atoms with E-state index >= 15 is 0 Å². The Morgan fingerprint density at radius 3 is 2.16 bits per heavy atom. The zero-order valence-electron chi connectivity index (χ0n) is 15.8. The number of hydrogen-bond donors (Lipinski definition) is 1. The summed E-state index contributed by atoms with van der Waals surface area (Å²) in [6.45, 7) is 5.93. The van der Waals surface area contributed by atoms with Crippen molar-refractivity contribution in [2.75, 3.05) is 31.1 Å².